The monoisotopic (exact) mass is 292 g/mol. The normalized spacial score (nSPS) is 36.1. The van der Waals surface area contributed by atoms with Gasteiger partial charge in [-0.05, 0) is 24.7 Å². The fourth-order valence-electron chi connectivity index (χ4n) is 4.87. The molecule has 2 saturated carbocycles. The molecule has 3 nitrogen and oxygen atoms in total. The van der Waals surface area contributed by atoms with Gasteiger partial charge < -0.3 is 4.74 Å². The van der Waals surface area contributed by atoms with Gasteiger partial charge in [0.1, 0.15) is 0 Å². The first-order valence-electron chi connectivity index (χ1n) is 9.03. The van der Waals surface area contributed by atoms with Gasteiger partial charge in [0.2, 0.25) is 0 Å². The maximum atomic E-state index is 12.2. The van der Waals surface area contributed by atoms with Gasteiger partial charge in [-0.1, -0.05) is 64.2 Å². The van der Waals surface area contributed by atoms with Crippen molar-refractivity contribution in [2.75, 3.05) is 0 Å². The Morgan fingerprint density at radius 3 is 2.00 bits per heavy atom. The Labute approximate surface area is 127 Å². The van der Waals surface area contributed by atoms with E-state index in [1.807, 2.05) is 0 Å². The van der Waals surface area contributed by atoms with Crippen molar-refractivity contribution < 1.29 is 14.3 Å². The van der Waals surface area contributed by atoms with Gasteiger partial charge in [0, 0.05) is 0 Å². The quantitative estimate of drug-likeness (QED) is 0.536. The fraction of sp³-hybridized carbons (Fsp3) is 0.889. The lowest BCUT2D eigenvalue weighted by atomic mass is 9.68. The number of esters is 2. The third-order valence-electron chi connectivity index (χ3n) is 5.98. The van der Waals surface area contributed by atoms with Gasteiger partial charge in [0.25, 0.3) is 0 Å². The largest absolute Gasteiger partial charge is 0.393 e. The molecule has 1 saturated heterocycles. The van der Waals surface area contributed by atoms with Gasteiger partial charge in [0.05, 0.1) is 11.8 Å². The first-order chi connectivity index (χ1) is 10.3. The van der Waals surface area contributed by atoms with Crippen molar-refractivity contribution in [3.8, 4) is 0 Å². The maximum absolute atomic E-state index is 12.2. The first-order valence-corrected chi connectivity index (χ1v) is 9.03. The van der Waals surface area contributed by atoms with E-state index in [2.05, 4.69) is 0 Å². The van der Waals surface area contributed by atoms with Gasteiger partial charge in [-0.25, -0.2) is 0 Å². The zero-order valence-corrected chi connectivity index (χ0v) is 13.0. The van der Waals surface area contributed by atoms with Crippen LogP contribution in [0.4, 0.5) is 0 Å². The van der Waals surface area contributed by atoms with E-state index in [0.717, 1.165) is 19.3 Å². The number of carbonyl (C=O) groups excluding carboxylic acids is 2. The standard InChI is InChI=1S/C18H28O3/c19-17-15-12-8-4-7-11-14(16(15)18(20)21-17)13-9-5-2-1-3-6-10-13/h13-16H,1-12H2. The minimum Gasteiger partial charge on any atom is -0.393 e. The molecule has 0 bridgehead atoms. The van der Waals surface area contributed by atoms with E-state index in [9.17, 15) is 9.59 Å². The van der Waals surface area contributed by atoms with Crippen molar-refractivity contribution in [2.45, 2.75) is 77.0 Å². The molecule has 0 N–H and O–H groups in total. The Morgan fingerprint density at radius 1 is 0.667 bits per heavy atom. The summed E-state index contributed by atoms with van der Waals surface area (Å²) in [6.07, 6.45) is 14.6. The van der Waals surface area contributed by atoms with Crippen LogP contribution in [-0.4, -0.2) is 11.9 Å². The molecule has 0 radical (unpaired) electrons. The lowest BCUT2D eigenvalue weighted by Crippen LogP contribution is -2.33. The van der Waals surface area contributed by atoms with Crippen LogP contribution in [0, 0.1) is 23.7 Å². The first kappa shape index (κ1) is 15.1. The Hall–Kier alpha value is -0.860. The average Bonchev–Trinajstić information content (AvgIpc) is 2.65. The molecule has 0 aromatic rings. The van der Waals surface area contributed by atoms with Crippen LogP contribution in [-0.2, 0) is 14.3 Å². The van der Waals surface area contributed by atoms with Crippen LogP contribution < -0.4 is 0 Å². The highest BCUT2D eigenvalue weighted by molar-refractivity contribution is 5.96. The zero-order chi connectivity index (χ0) is 14.7. The Morgan fingerprint density at radius 2 is 1.24 bits per heavy atom. The summed E-state index contributed by atoms with van der Waals surface area (Å²) in [4.78, 5) is 24.2. The summed E-state index contributed by atoms with van der Waals surface area (Å²) in [5, 5.41) is 0. The molecule has 0 aromatic carbocycles. The summed E-state index contributed by atoms with van der Waals surface area (Å²) in [6, 6.07) is 0. The summed E-state index contributed by atoms with van der Waals surface area (Å²) >= 11 is 0. The van der Waals surface area contributed by atoms with Crippen LogP contribution >= 0.6 is 0 Å². The topological polar surface area (TPSA) is 43.4 Å². The van der Waals surface area contributed by atoms with E-state index in [0.29, 0.717) is 11.8 Å². The summed E-state index contributed by atoms with van der Waals surface area (Å²) in [5.41, 5.74) is 0. The van der Waals surface area contributed by atoms with Crippen molar-refractivity contribution in [3.63, 3.8) is 0 Å². The molecule has 3 rings (SSSR count). The van der Waals surface area contributed by atoms with E-state index in [-0.39, 0.29) is 23.8 Å². The van der Waals surface area contributed by atoms with Gasteiger partial charge in [-0.15, -0.1) is 0 Å². The molecule has 0 amide bonds. The van der Waals surface area contributed by atoms with E-state index < -0.39 is 0 Å². The van der Waals surface area contributed by atoms with Crippen LogP contribution in [0.3, 0.4) is 0 Å². The predicted octanol–water partition coefficient (Wildman–Crippen LogP) is 4.24. The van der Waals surface area contributed by atoms with Crippen LogP contribution in [0.1, 0.15) is 77.0 Å². The van der Waals surface area contributed by atoms with Crippen molar-refractivity contribution in [1.82, 2.24) is 0 Å². The number of rotatable bonds is 1. The van der Waals surface area contributed by atoms with E-state index in [4.69, 9.17) is 4.74 Å². The van der Waals surface area contributed by atoms with Crippen LogP contribution in [0.2, 0.25) is 0 Å². The van der Waals surface area contributed by atoms with Gasteiger partial charge in [0.15, 0.2) is 0 Å². The molecule has 2 aliphatic carbocycles. The highest BCUT2D eigenvalue weighted by atomic mass is 16.6. The lowest BCUT2D eigenvalue weighted by molar-refractivity contribution is -0.154. The number of ether oxygens (including phenoxy) is 1. The van der Waals surface area contributed by atoms with E-state index in [1.54, 1.807) is 0 Å². The van der Waals surface area contributed by atoms with Gasteiger partial charge >= 0.3 is 11.9 Å². The second kappa shape index (κ2) is 6.93. The molecule has 21 heavy (non-hydrogen) atoms. The Kier molecular flexibility index (Phi) is 4.97. The second-order valence-electron chi connectivity index (χ2n) is 7.28. The van der Waals surface area contributed by atoms with Crippen molar-refractivity contribution in [3.05, 3.63) is 0 Å². The minimum absolute atomic E-state index is 0.123. The molecular formula is C18H28O3. The van der Waals surface area contributed by atoms with E-state index in [1.165, 1.54) is 57.8 Å². The summed E-state index contributed by atoms with van der Waals surface area (Å²) in [7, 11) is 0. The van der Waals surface area contributed by atoms with Crippen molar-refractivity contribution in [1.29, 1.82) is 0 Å². The fourth-order valence-corrected chi connectivity index (χ4v) is 4.87. The number of hydrogen-bond donors (Lipinski definition) is 0. The van der Waals surface area contributed by atoms with Crippen LogP contribution in [0.15, 0.2) is 0 Å². The third-order valence-corrected chi connectivity index (χ3v) is 5.98. The third kappa shape index (κ3) is 3.32. The molecule has 3 atom stereocenters. The van der Waals surface area contributed by atoms with E-state index >= 15 is 0 Å². The average molecular weight is 292 g/mol. The minimum atomic E-state index is -0.234. The smallest absolute Gasteiger partial charge is 0.317 e. The van der Waals surface area contributed by atoms with Gasteiger partial charge in [-0.3, -0.25) is 9.59 Å². The molecule has 0 aromatic heterocycles. The highest BCUT2D eigenvalue weighted by Gasteiger charge is 2.49. The number of cyclic esters (lactones) is 2. The second-order valence-corrected chi connectivity index (χ2v) is 7.28. The maximum Gasteiger partial charge on any atom is 0.317 e. The van der Waals surface area contributed by atoms with Gasteiger partial charge in [-0.2, -0.15) is 0 Å². The van der Waals surface area contributed by atoms with Crippen molar-refractivity contribution in [2.24, 2.45) is 23.7 Å². The molecule has 3 unspecified atom stereocenters. The number of hydrogen-bond acceptors (Lipinski definition) is 3. The van der Waals surface area contributed by atoms with Crippen LogP contribution in [0.5, 0.6) is 0 Å². The SMILES string of the molecule is O=C1OC(=O)C2C1CCCCCC2C1CCCCCCC1. The zero-order valence-electron chi connectivity index (χ0n) is 13.0. The summed E-state index contributed by atoms with van der Waals surface area (Å²) in [5.74, 6) is 0.332. The highest BCUT2D eigenvalue weighted by Crippen LogP contribution is 2.44. The molecule has 1 aliphatic heterocycles. The predicted molar refractivity (Wildman–Crippen MR) is 80.5 cm³/mol. The number of fused-ring (bicyclic) bond motifs is 1. The molecule has 3 aliphatic rings. The molecule has 1 heterocycles. The van der Waals surface area contributed by atoms with Crippen molar-refractivity contribution >= 4 is 11.9 Å². The molecule has 0 spiro atoms. The molecule has 3 heteroatoms. The number of carbonyl (C=O) groups is 2. The lowest BCUT2D eigenvalue weighted by Gasteiger charge is -2.34. The molecule has 3 fully saturated rings. The molecule has 118 valence electrons. The molecular weight excluding hydrogens is 264 g/mol. The summed E-state index contributed by atoms with van der Waals surface area (Å²) < 4.78 is 5.02. The van der Waals surface area contributed by atoms with Crippen LogP contribution in [0.25, 0.3) is 0 Å². The Bertz CT molecular complexity index is 382. The Balaban J connectivity index is 1.78. The summed E-state index contributed by atoms with van der Waals surface area (Å²) in [6.45, 7) is 0.